The van der Waals surface area contributed by atoms with Crippen molar-refractivity contribution < 1.29 is 9.47 Å². The molecule has 0 aromatic carbocycles. The second-order valence-electron chi connectivity index (χ2n) is 2.28. The van der Waals surface area contributed by atoms with Gasteiger partial charge in [-0.1, -0.05) is 22.6 Å². The molecule has 1 fully saturated rings. The predicted octanol–water partition coefficient (Wildman–Crippen LogP) is -0.164. The highest BCUT2D eigenvalue weighted by Gasteiger charge is 2.28. The van der Waals surface area contributed by atoms with Crippen LogP contribution in [0.1, 0.15) is 0 Å². The van der Waals surface area contributed by atoms with E-state index >= 15 is 0 Å². The van der Waals surface area contributed by atoms with Crippen molar-refractivity contribution in [3.05, 3.63) is 0 Å². The molecule has 1 aliphatic rings. The van der Waals surface area contributed by atoms with E-state index in [9.17, 15) is 0 Å². The van der Waals surface area contributed by atoms with Gasteiger partial charge >= 0.3 is 0 Å². The number of rotatable bonds is 1. The molecule has 1 aliphatic heterocycles. The quantitative estimate of drug-likeness (QED) is 0.400. The first-order valence-corrected chi connectivity index (χ1v) is 4.10. The Morgan fingerprint density at radius 2 is 2.10 bits per heavy atom. The molecule has 0 atom stereocenters. The number of hydrogen-bond acceptors (Lipinski definition) is 3. The fourth-order valence-electron chi connectivity index (χ4n) is 0.685. The van der Waals surface area contributed by atoms with Gasteiger partial charge in [0, 0.05) is 3.32 Å². The molecule has 1 heterocycles. The van der Waals surface area contributed by atoms with Crippen molar-refractivity contribution in [2.45, 2.75) is 9.74 Å². The van der Waals surface area contributed by atoms with E-state index in [1.807, 2.05) is 0 Å². The number of hydrogen-bond donors (Lipinski definition) is 1. The minimum absolute atomic E-state index is 0.286. The lowest BCUT2D eigenvalue weighted by molar-refractivity contribution is -0.191. The number of alkyl halides is 1. The Morgan fingerprint density at radius 3 is 2.50 bits per heavy atom. The van der Waals surface area contributed by atoms with Gasteiger partial charge in [0.05, 0.1) is 21.1 Å². The van der Waals surface area contributed by atoms with Crippen LogP contribution in [0.2, 0.25) is 0 Å². The Balaban J connectivity index is 2.31. The lowest BCUT2D eigenvalue weighted by atomic mass is 9.89. The first-order valence-electron chi connectivity index (χ1n) is 3.02. The molecule has 56 valence electrons. The second-order valence-corrected chi connectivity index (χ2v) is 4.43. The molecule has 0 bridgehead atoms. The lowest BCUT2D eigenvalue weighted by Crippen LogP contribution is -2.47. The molecule has 1 N–H and O–H groups in total. The molecule has 1 saturated heterocycles. The summed E-state index contributed by atoms with van der Waals surface area (Å²) in [5.41, 5.74) is 0. The normalized spacial score (nSPS) is 41.6. The zero-order chi connectivity index (χ0) is 7.61. The van der Waals surface area contributed by atoms with E-state index in [0.29, 0.717) is 13.2 Å². The van der Waals surface area contributed by atoms with Gasteiger partial charge in [-0.2, -0.15) is 0 Å². The minimum atomic E-state index is -0.356. The van der Waals surface area contributed by atoms with Crippen LogP contribution in [0.5, 0.6) is 0 Å². The van der Waals surface area contributed by atoms with E-state index in [1.54, 1.807) is 7.05 Å². The molecule has 0 saturated carbocycles. The summed E-state index contributed by atoms with van der Waals surface area (Å²) >= 11 is 2.12. The van der Waals surface area contributed by atoms with Crippen molar-refractivity contribution in [2.24, 2.45) is 0 Å². The molecule has 10 heavy (non-hydrogen) atoms. The van der Waals surface area contributed by atoms with Crippen molar-refractivity contribution in [1.29, 1.82) is 0 Å². The van der Waals surface area contributed by atoms with Crippen LogP contribution in [0.25, 0.3) is 0 Å². The van der Waals surface area contributed by atoms with E-state index in [1.165, 1.54) is 0 Å². The third-order valence-corrected chi connectivity index (χ3v) is 1.81. The standard InChI is InChI=1S/C5H9BINO2/c1-8-4-9-2-5(6,7)3-10-4/h4,8H,2-3H2,1H3. The maximum absolute atomic E-state index is 5.70. The monoisotopic (exact) mass is 253 g/mol. The molecule has 0 amide bonds. The predicted molar refractivity (Wildman–Crippen MR) is 47.3 cm³/mol. The smallest absolute Gasteiger partial charge is 0.215 e. The van der Waals surface area contributed by atoms with Crippen LogP contribution in [0, 0.1) is 0 Å². The molecule has 0 aromatic heterocycles. The molecule has 0 unspecified atom stereocenters. The van der Waals surface area contributed by atoms with Crippen molar-refractivity contribution in [3.8, 4) is 0 Å². The van der Waals surface area contributed by atoms with E-state index in [4.69, 9.17) is 17.3 Å². The van der Waals surface area contributed by atoms with Crippen LogP contribution < -0.4 is 5.32 Å². The maximum atomic E-state index is 5.70. The van der Waals surface area contributed by atoms with Crippen LogP contribution in [0.4, 0.5) is 0 Å². The summed E-state index contributed by atoms with van der Waals surface area (Å²) in [5, 5.41) is 2.84. The van der Waals surface area contributed by atoms with Crippen LogP contribution in [0.15, 0.2) is 0 Å². The largest absolute Gasteiger partial charge is 0.339 e. The van der Waals surface area contributed by atoms with Gasteiger partial charge in [-0.05, 0) is 7.05 Å². The third kappa shape index (κ3) is 2.37. The Hall–Kier alpha value is 0.675. The van der Waals surface area contributed by atoms with Crippen LogP contribution in [-0.4, -0.2) is 37.8 Å². The highest BCUT2D eigenvalue weighted by atomic mass is 127. The van der Waals surface area contributed by atoms with Gasteiger partial charge in [-0.3, -0.25) is 5.32 Å². The van der Waals surface area contributed by atoms with E-state index in [0.717, 1.165) is 0 Å². The van der Waals surface area contributed by atoms with Crippen LogP contribution in [-0.2, 0) is 9.47 Å². The average Bonchev–Trinajstić information content (AvgIpc) is 1.88. The van der Waals surface area contributed by atoms with E-state index in [2.05, 4.69) is 27.9 Å². The zero-order valence-electron chi connectivity index (χ0n) is 5.76. The van der Waals surface area contributed by atoms with Gasteiger partial charge in [0.2, 0.25) is 6.41 Å². The van der Waals surface area contributed by atoms with Crippen molar-refractivity contribution >= 4 is 30.4 Å². The van der Waals surface area contributed by atoms with Crippen molar-refractivity contribution in [3.63, 3.8) is 0 Å². The molecule has 2 radical (unpaired) electrons. The first kappa shape index (κ1) is 8.77. The Bertz CT molecular complexity index is 112. The Labute approximate surface area is 75.4 Å². The third-order valence-electron chi connectivity index (χ3n) is 1.19. The summed E-state index contributed by atoms with van der Waals surface area (Å²) in [6.07, 6.45) is -0.286. The van der Waals surface area contributed by atoms with Crippen molar-refractivity contribution in [2.75, 3.05) is 20.3 Å². The molecule has 0 aliphatic carbocycles. The highest BCUT2D eigenvalue weighted by molar-refractivity contribution is 14.1. The van der Waals surface area contributed by atoms with Gasteiger partial charge in [-0.15, -0.1) is 0 Å². The summed E-state index contributed by atoms with van der Waals surface area (Å²) in [4.78, 5) is 0. The number of ether oxygens (including phenoxy) is 2. The van der Waals surface area contributed by atoms with E-state index < -0.39 is 0 Å². The number of halogens is 1. The lowest BCUT2D eigenvalue weighted by Gasteiger charge is -2.33. The molecular formula is C5H9BINO2. The van der Waals surface area contributed by atoms with Gasteiger partial charge < -0.3 is 9.47 Å². The van der Waals surface area contributed by atoms with Crippen LogP contribution in [0.3, 0.4) is 0 Å². The molecule has 0 aromatic rings. The van der Waals surface area contributed by atoms with Crippen LogP contribution >= 0.6 is 22.6 Å². The Morgan fingerprint density at radius 1 is 1.60 bits per heavy atom. The second kappa shape index (κ2) is 3.38. The fraction of sp³-hybridized carbons (Fsp3) is 1.00. The number of nitrogens with one attached hydrogen (secondary N) is 1. The first-order chi connectivity index (χ1) is 4.64. The summed E-state index contributed by atoms with van der Waals surface area (Å²) in [6, 6.07) is 0. The molecule has 5 heteroatoms. The summed E-state index contributed by atoms with van der Waals surface area (Å²) in [5.74, 6) is 0. The minimum Gasteiger partial charge on any atom is -0.339 e. The molecule has 3 nitrogen and oxygen atoms in total. The maximum Gasteiger partial charge on any atom is 0.215 e. The van der Waals surface area contributed by atoms with Gasteiger partial charge in [-0.25, -0.2) is 0 Å². The average molecular weight is 253 g/mol. The highest BCUT2D eigenvalue weighted by Crippen LogP contribution is 2.20. The summed E-state index contributed by atoms with van der Waals surface area (Å²) in [7, 11) is 7.48. The van der Waals surface area contributed by atoms with Gasteiger partial charge in [0.25, 0.3) is 0 Å². The van der Waals surface area contributed by atoms with Gasteiger partial charge in [0.1, 0.15) is 0 Å². The topological polar surface area (TPSA) is 30.5 Å². The van der Waals surface area contributed by atoms with Crippen molar-refractivity contribution in [1.82, 2.24) is 5.32 Å². The molecule has 0 spiro atoms. The summed E-state index contributed by atoms with van der Waals surface area (Å²) in [6.45, 7) is 1.05. The van der Waals surface area contributed by atoms with Gasteiger partial charge in [0.15, 0.2) is 0 Å². The SMILES string of the molecule is [B]C1(I)COC(NC)OC1. The molecule has 1 rings (SSSR count). The summed E-state index contributed by atoms with van der Waals surface area (Å²) < 4.78 is 10.00. The zero-order valence-corrected chi connectivity index (χ0v) is 7.92. The molecular weight excluding hydrogens is 244 g/mol. The Kier molecular flexibility index (Phi) is 2.96. The fourth-order valence-corrected chi connectivity index (χ4v) is 1.04. The van der Waals surface area contributed by atoms with E-state index in [-0.39, 0.29) is 9.74 Å².